The number of ether oxygens (including phenoxy) is 1. The van der Waals surface area contributed by atoms with E-state index < -0.39 is 6.10 Å². The Balaban J connectivity index is 2.15. The van der Waals surface area contributed by atoms with Crippen molar-refractivity contribution < 1.29 is 19.0 Å². The summed E-state index contributed by atoms with van der Waals surface area (Å²) in [6, 6.07) is 6.15. The Bertz CT molecular complexity index is 386. The highest BCUT2D eigenvalue weighted by Crippen LogP contribution is 2.18. The first-order valence-electron chi connectivity index (χ1n) is 5.94. The van der Waals surface area contributed by atoms with E-state index in [0.29, 0.717) is 12.2 Å². The van der Waals surface area contributed by atoms with Gasteiger partial charge in [-0.05, 0) is 24.3 Å². The van der Waals surface area contributed by atoms with E-state index in [2.05, 4.69) is 5.32 Å². The van der Waals surface area contributed by atoms with Crippen molar-refractivity contribution in [3.8, 4) is 0 Å². The lowest BCUT2D eigenvalue weighted by Crippen LogP contribution is -2.34. The predicted molar refractivity (Wildman–Crippen MR) is 72.6 cm³/mol. The zero-order valence-electron chi connectivity index (χ0n) is 10.8. The third-order valence-electron chi connectivity index (χ3n) is 2.31. The summed E-state index contributed by atoms with van der Waals surface area (Å²) in [6.07, 6.45) is -0.333. The Labute approximate surface area is 116 Å². The number of carbonyl (C=O) groups excluding carboxylic acids is 1. The van der Waals surface area contributed by atoms with Crippen molar-refractivity contribution in [3.63, 3.8) is 0 Å². The highest BCUT2D eigenvalue weighted by Gasteiger charge is 2.06. The van der Waals surface area contributed by atoms with Gasteiger partial charge >= 0.3 is 0 Å². The molecule has 0 aliphatic rings. The molecule has 1 unspecified atom stereocenters. The number of hydrogen-bond acceptors (Lipinski definition) is 4. The summed E-state index contributed by atoms with van der Waals surface area (Å²) >= 11 is 1.49. The fourth-order valence-corrected chi connectivity index (χ4v) is 2.22. The molecule has 1 aromatic carbocycles. The molecule has 106 valence electrons. The van der Waals surface area contributed by atoms with E-state index in [1.54, 1.807) is 12.1 Å². The second-order valence-corrected chi connectivity index (χ2v) is 5.13. The number of thioether (sulfide) groups is 1. The first-order chi connectivity index (χ1) is 9.11. The molecule has 0 radical (unpaired) electrons. The Morgan fingerprint density at radius 1 is 1.47 bits per heavy atom. The van der Waals surface area contributed by atoms with Gasteiger partial charge in [-0.15, -0.1) is 11.8 Å². The molecule has 0 fully saturated rings. The number of halogens is 1. The first-order valence-corrected chi connectivity index (χ1v) is 6.92. The zero-order chi connectivity index (χ0) is 14.1. The number of aliphatic hydroxyl groups excluding tert-OH is 1. The summed E-state index contributed by atoms with van der Waals surface area (Å²) < 4.78 is 17.4. The molecule has 19 heavy (non-hydrogen) atoms. The third-order valence-corrected chi connectivity index (χ3v) is 3.32. The number of amides is 1. The minimum absolute atomic E-state index is 0.121. The van der Waals surface area contributed by atoms with Crippen molar-refractivity contribution in [2.45, 2.75) is 17.4 Å². The molecule has 0 spiro atoms. The van der Waals surface area contributed by atoms with E-state index in [-0.39, 0.29) is 24.9 Å². The molecule has 1 aromatic rings. The van der Waals surface area contributed by atoms with Gasteiger partial charge in [0.05, 0.1) is 12.7 Å². The third kappa shape index (κ3) is 7.15. The fourth-order valence-electron chi connectivity index (χ4n) is 1.36. The van der Waals surface area contributed by atoms with E-state index in [9.17, 15) is 14.3 Å². The lowest BCUT2D eigenvalue weighted by atomic mass is 10.3. The Hall–Kier alpha value is -1.11. The monoisotopic (exact) mass is 287 g/mol. The van der Waals surface area contributed by atoms with Crippen LogP contribution in [0.25, 0.3) is 0 Å². The van der Waals surface area contributed by atoms with Crippen LogP contribution in [0.5, 0.6) is 0 Å². The average molecular weight is 287 g/mol. The SMILES string of the molecule is COCC(O)CNC(=O)CCSc1ccc(F)cc1. The standard InChI is InChI=1S/C13H18FNO3S/c1-18-9-11(16)8-15-13(17)6-7-19-12-4-2-10(14)3-5-12/h2-5,11,16H,6-9H2,1H3,(H,15,17). The van der Waals surface area contributed by atoms with Crippen molar-refractivity contribution in [2.24, 2.45) is 0 Å². The summed E-state index contributed by atoms with van der Waals surface area (Å²) in [4.78, 5) is 12.4. The highest BCUT2D eigenvalue weighted by molar-refractivity contribution is 7.99. The van der Waals surface area contributed by atoms with Crippen LogP contribution in [0.2, 0.25) is 0 Å². The molecule has 0 aromatic heterocycles. The molecule has 6 heteroatoms. The van der Waals surface area contributed by atoms with Gasteiger partial charge in [0.15, 0.2) is 0 Å². The summed E-state index contributed by atoms with van der Waals surface area (Å²) in [5.41, 5.74) is 0. The van der Waals surface area contributed by atoms with E-state index in [4.69, 9.17) is 4.74 Å². The number of carbonyl (C=O) groups is 1. The van der Waals surface area contributed by atoms with E-state index in [1.807, 2.05) is 0 Å². The van der Waals surface area contributed by atoms with Crippen molar-refractivity contribution >= 4 is 17.7 Å². The van der Waals surface area contributed by atoms with Crippen LogP contribution in [0.3, 0.4) is 0 Å². The van der Waals surface area contributed by atoms with Crippen molar-refractivity contribution in [3.05, 3.63) is 30.1 Å². The molecule has 0 aliphatic heterocycles. The molecule has 1 amide bonds. The van der Waals surface area contributed by atoms with Gasteiger partial charge in [0.25, 0.3) is 0 Å². The number of rotatable bonds is 8. The molecular weight excluding hydrogens is 269 g/mol. The van der Waals surface area contributed by atoms with Gasteiger partial charge in [0, 0.05) is 30.7 Å². The van der Waals surface area contributed by atoms with Crippen molar-refractivity contribution in [1.29, 1.82) is 0 Å². The van der Waals surface area contributed by atoms with Gasteiger partial charge in [0.2, 0.25) is 5.91 Å². The van der Waals surface area contributed by atoms with Gasteiger partial charge in [0.1, 0.15) is 5.82 Å². The second kappa shape index (κ2) is 8.90. The van der Waals surface area contributed by atoms with Gasteiger partial charge < -0.3 is 15.2 Å². The molecule has 1 rings (SSSR count). The van der Waals surface area contributed by atoms with E-state index in [1.165, 1.54) is 31.0 Å². The molecule has 0 heterocycles. The second-order valence-electron chi connectivity index (χ2n) is 3.97. The lowest BCUT2D eigenvalue weighted by Gasteiger charge is -2.10. The molecule has 2 N–H and O–H groups in total. The van der Waals surface area contributed by atoms with E-state index >= 15 is 0 Å². The van der Waals surface area contributed by atoms with Crippen LogP contribution >= 0.6 is 11.8 Å². The maximum atomic E-state index is 12.7. The Morgan fingerprint density at radius 2 is 2.16 bits per heavy atom. The molecule has 0 aliphatic carbocycles. The quantitative estimate of drug-likeness (QED) is 0.710. The largest absolute Gasteiger partial charge is 0.389 e. The van der Waals surface area contributed by atoms with Crippen LogP contribution in [0.4, 0.5) is 4.39 Å². The van der Waals surface area contributed by atoms with E-state index in [0.717, 1.165) is 4.90 Å². The molecule has 0 bridgehead atoms. The number of benzene rings is 1. The Morgan fingerprint density at radius 3 is 2.79 bits per heavy atom. The van der Waals surface area contributed by atoms with Crippen LogP contribution in [0.15, 0.2) is 29.2 Å². The van der Waals surface area contributed by atoms with Crippen molar-refractivity contribution in [2.75, 3.05) is 26.0 Å². The summed E-state index contributed by atoms with van der Waals surface area (Å²) in [7, 11) is 1.49. The highest BCUT2D eigenvalue weighted by atomic mass is 32.2. The van der Waals surface area contributed by atoms with Gasteiger partial charge in [-0.3, -0.25) is 4.79 Å². The van der Waals surface area contributed by atoms with Crippen LogP contribution in [0, 0.1) is 5.82 Å². The maximum absolute atomic E-state index is 12.7. The van der Waals surface area contributed by atoms with Gasteiger partial charge in [-0.1, -0.05) is 0 Å². The number of aliphatic hydroxyl groups is 1. The normalized spacial score (nSPS) is 12.2. The van der Waals surface area contributed by atoms with Crippen LogP contribution in [0.1, 0.15) is 6.42 Å². The topological polar surface area (TPSA) is 58.6 Å². The van der Waals surface area contributed by atoms with Crippen LogP contribution < -0.4 is 5.32 Å². The van der Waals surface area contributed by atoms with Gasteiger partial charge in [-0.2, -0.15) is 0 Å². The average Bonchev–Trinajstić information content (AvgIpc) is 2.39. The summed E-state index contributed by atoms with van der Waals surface area (Å²) in [6.45, 7) is 0.387. The maximum Gasteiger partial charge on any atom is 0.220 e. The van der Waals surface area contributed by atoms with Crippen LogP contribution in [-0.2, 0) is 9.53 Å². The number of nitrogens with one attached hydrogen (secondary N) is 1. The van der Waals surface area contributed by atoms with Gasteiger partial charge in [-0.25, -0.2) is 4.39 Å². The van der Waals surface area contributed by atoms with Crippen LogP contribution in [-0.4, -0.2) is 43.1 Å². The molecule has 1 atom stereocenters. The fraction of sp³-hybridized carbons (Fsp3) is 0.462. The minimum Gasteiger partial charge on any atom is -0.389 e. The predicted octanol–water partition coefficient (Wildman–Crippen LogP) is 1.43. The van der Waals surface area contributed by atoms with Crippen molar-refractivity contribution in [1.82, 2.24) is 5.32 Å². The zero-order valence-corrected chi connectivity index (χ0v) is 11.6. The molecule has 4 nitrogen and oxygen atoms in total. The molecule has 0 saturated heterocycles. The number of hydrogen-bond donors (Lipinski definition) is 2. The molecule has 0 saturated carbocycles. The minimum atomic E-state index is -0.682. The number of methoxy groups -OCH3 is 1. The molecular formula is C13H18FNO3S. The summed E-state index contributed by atoms with van der Waals surface area (Å²) in [5, 5.41) is 12.0. The Kier molecular flexibility index (Phi) is 7.47. The first kappa shape index (κ1) is 15.9. The smallest absolute Gasteiger partial charge is 0.220 e. The summed E-state index contributed by atoms with van der Waals surface area (Å²) in [5.74, 6) is 0.219. The lowest BCUT2D eigenvalue weighted by molar-refractivity contribution is -0.121.